The van der Waals surface area contributed by atoms with Gasteiger partial charge in [-0.15, -0.1) is 0 Å². The quantitative estimate of drug-likeness (QED) is 0.832. The number of ether oxygens (including phenoxy) is 1. The average Bonchev–Trinajstić information content (AvgIpc) is 2.92. The number of hydrogen-bond acceptors (Lipinski definition) is 5. The van der Waals surface area contributed by atoms with Crippen LogP contribution in [0.1, 0.15) is 44.8 Å². The molecule has 1 aliphatic rings. The van der Waals surface area contributed by atoms with Gasteiger partial charge in [0.15, 0.2) is 5.82 Å². The molecule has 7 nitrogen and oxygen atoms in total. The summed E-state index contributed by atoms with van der Waals surface area (Å²) in [5.41, 5.74) is 0. The van der Waals surface area contributed by atoms with Crippen LogP contribution in [0.5, 0.6) is 0 Å². The molecule has 7 heteroatoms. The fourth-order valence-corrected chi connectivity index (χ4v) is 2.92. The van der Waals surface area contributed by atoms with E-state index in [0.29, 0.717) is 31.3 Å². The third-order valence-corrected chi connectivity index (χ3v) is 4.15. The van der Waals surface area contributed by atoms with E-state index in [1.165, 1.54) is 6.42 Å². The Morgan fingerprint density at radius 3 is 2.73 bits per heavy atom. The summed E-state index contributed by atoms with van der Waals surface area (Å²) >= 11 is 0. The van der Waals surface area contributed by atoms with Crippen molar-refractivity contribution in [3.05, 3.63) is 11.7 Å². The Labute approximate surface area is 131 Å². The molecule has 2 heterocycles. The molecule has 1 saturated heterocycles. The fourth-order valence-electron chi connectivity index (χ4n) is 2.92. The topological polar surface area (TPSA) is 71.7 Å². The number of likely N-dealkylation sites (tertiary alicyclic amines) is 1. The number of aromatic nitrogens is 2. The SMILES string of the molecule is COCCc1noc(CN(C)C(=O)N2C(C)CCCC2C)n1. The Balaban J connectivity index is 1.94. The normalized spacial score (nSPS) is 21.9. The number of carbonyl (C=O) groups is 1. The van der Waals surface area contributed by atoms with E-state index >= 15 is 0 Å². The Morgan fingerprint density at radius 2 is 2.09 bits per heavy atom. The lowest BCUT2D eigenvalue weighted by Crippen LogP contribution is -2.52. The Hall–Kier alpha value is -1.63. The number of urea groups is 1. The monoisotopic (exact) mass is 310 g/mol. The van der Waals surface area contributed by atoms with Crippen molar-refractivity contribution in [1.29, 1.82) is 0 Å². The fraction of sp³-hybridized carbons (Fsp3) is 0.800. The van der Waals surface area contributed by atoms with Crippen LogP contribution in [0.2, 0.25) is 0 Å². The molecule has 0 N–H and O–H groups in total. The first-order valence-corrected chi connectivity index (χ1v) is 7.86. The number of hydrogen-bond donors (Lipinski definition) is 0. The van der Waals surface area contributed by atoms with Gasteiger partial charge in [0.05, 0.1) is 6.61 Å². The summed E-state index contributed by atoms with van der Waals surface area (Å²) in [6, 6.07) is 0.577. The molecule has 22 heavy (non-hydrogen) atoms. The van der Waals surface area contributed by atoms with Crippen molar-refractivity contribution in [2.75, 3.05) is 20.8 Å². The number of rotatable bonds is 5. The van der Waals surface area contributed by atoms with E-state index in [2.05, 4.69) is 24.0 Å². The van der Waals surface area contributed by atoms with Crippen LogP contribution in [0.3, 0.4) is 0 Å². The van der Waals surface area contributed by atoms with Crippen LogP contribution in [-0.4, -0.2) is 58.8 Å². The molecule has 0 bridgehead atoms. The highest BCUT2D eigenvalue weighted by molar-refractivity contribution is 5.74. The van der Waals surface area contributed by atoms with Crippen molar-refractivity contribution in [2.45, 2.75) is 58.2 Å². The van der Waals surface area contributed by atoms with Gasteiger partial charge in [-0.1, -0.05) is 5.16 Å². The molecular weight excluding hydrogens is 284 g/mol. The molecule has 1 aliphatic heterocycles. The van der Waals surface area contributed by atoms with Crippen LogP contribution in [0.15, 0.2) is 4.52 Å². The van der Waals surface area contributed by atoms with E-state index in [4.69, 9.17) is 9.26 Å². The predicted molar refractivity (Wildman–Crippen MR) is 81.4 cm³/mol. The average molecular weight is 310 g/mol. The second kappa shape index (κ2) is 7.58. The first kappa shape index (κ1) is 16.7. The van der Waals surface area contributed by atoms with Crippen molar-refractivity contribution in [1.82, 2.24) is 19.9 Å². The zero-order chi connectivity index (χ0) is 16.1. The van der Waals surface area contributed by atoms with Crippen LogP contribution in [0.25, 0.3) is 0 Å². The van der Waals surface area contributed by atoms with Gasteiger partial charge in [-0.2, -0.15) is 4.98 Å². The lowest BCUT2D eigenvalue weighted by atomic mass is 9.98. The smallest absolute Gasteiger partial charge is 0.320 e. The van der Waals surface area contributed by atoms with E-state index in [1.54, 1.807) is 19.1 Å². The van der Waals surface area contributed by atoms with Gasteiger partial charge in [-0.25, -0.2) is 4.79 Å². The number of piperidine rings is 1. The molecule has 2 amide bonds. The van der Waals surface area contributed by atoms with E-state index in [-0.39, 0.29) is 18.1 Å². The lowest BCUT2D eigenvalue weighted by Gasteiger charge is -2.40. The first-order chi connectivity index (χ1) is 10.5. The highest BCUT2D eigenvalue weighted by Crippen LogP contribution is 2.23. The van der Waals surface area contributed by atoms with Gasteiger partial charge < -0.3 is 19.1 Å². The summed E-state index contributed by atoms with van der Waals surface area (Å²) in [5, 5.41) is 3.89. The first-order valence-electron chi connectivity index (χ1n) is 7.86. The molecule has 2 unspecified atom stereocenters. The second-order valence-corrected chi connectivity index (χ2v) is 6.02. The zero-order valence-electron chi connectivity index (χ0n) is 13.9. The maximum Gasteiger partial charge on any atom is 0.320 e. The maximum absolute atomic E-state index is 12.6. The van der Waals surface area contributed by atoms with Crippen LogP contribution in [0, 0.1) is 0 Å². The standard InChI is InChI=1S/C15H26N4O3/c1-11-6-5-7-12(2)19(11)15(20)18(3)10-14-16-13(17-22-14)8-9-21-4/h11-12H,5-10H2,1-4H3. The van der Waals surface area contributed by atoms with Gasteiger partial charge in [0.25, 0.3) is 0 Å². The van der Waals surface area contributed by atoms with Crippen LogP contribution >= 0.6 is 0 Å². The second-order valence-electron chi connectivity index (χ2n) is 6.02. The summed E-state index contributed by atoms with van der Waals surface area (Å²) < 4.78 is 10.2. The van der Waals surface area contributed by atoms with Crippen LogP contribution in [0.4, 0.5) is 4.79 Å². The van der Waals surface area contributed by atoms with Gasteiger partial charge in [0.1, 0.15) is 6.54 Å². The maximum atomic E-state index is 12.6. The highest BCUT2D eigenvalue weighted by Gasteiger charge is 2.31. The highest BCUT2D eigenvalue weighted by atomic mass is 16.5. The number of nitrogens with zero attached hydrogens (tertiary/aromatic N) is 4. The molecule has 0 radical (unpaired) electrons. The minimum atomic E-state index is 0.0244. The molecule has 0 saturated carbocycles. The number of amides is 2. The van der Waals surface area contributed by atoms with Gasteiger partial charge in [-0.3, -0.25) is 0 Å². The Morgan fingerprint density at radius 1 is 1.41 bits per heavy atom. The Bertz CT molecular complexity index is 481. The molecule has 2 atom stereocenters. The van der Waals surface area contributed by atoms with E-state index in [9.17, 15) is 4.79 Å². The molecule has 1 aromatic heterocycles. The van der Waals surface area contributed by atoms with Gasteiger partial charge in [0, 0.05) is 32.7 Å². The molecule has 124 valence electrons. The van der Waals surface area contributed by atoms with E-state index in [0.717, 1.165) is 12.8 Å². The molecule has 0 spiro atoms. The summed E-state index contributed by atoms with van der Waals surface area (Å²) in [7, 11) is 3.41. The van der Waals surface area contributed by atoms with Crippen molar-refractivity contribution in [3.8, 4) is 0 Å². The van der Waals surface area contributed by atoms with Crippen LogP contribution < -0.4 is 0 Å². The van der Waals surface area contributed by atoms with Crippen molar-refractivity contribution < 1.29 is 14.1 Å². The molecule has 0 aromatic carbocycles. The minimum absolute atomic E-state index is 0.0244. The number of methoxy groups -OCH3 is 1. The van der Waals surface area contributed by atoms with E-state index < -0.39 is 0 Å². The Kier molecular flexibility index (Phi) is 5.76. The summed E-state index contributed by atoms with van der Waals surface area (Å²) in [4.78, 5) is 20.5. The van der Waals surface area contributed by atoms with Gasteiger partial charge in [-0.05, 0) is 33.1 Å². The third kappa shape index (κ3) is 3.97. The summed E-state index contributed by atoms with van der Waals surface area (Å²) in [6.45, 7) is 5.10. The summed E-state index contributed by atoms with van der Waals surface area (Å²) in [5.74, 6) is 1.07. The van der Waals surface area contributed by atoms with Crippen molar-refractivity contribution >= 4 is 6.03 Å². The largest absolute Gasteiger partial charge is 0.384 e. The van der Waals surface area contributed by atoms with Crippen molar-refractivity contribution in [3.63, 3.8) is 0 Å². The lowest BCUT2D eigenvalue weighted by molar-refractivity contribution is 0.0942. The minimum Gasteiger partial charge on any atom is -0.384 e. The molecule has 1 aromatic rings. The third-order valence-electron chi connectivity index (χ3n) is 4.15. The number of carbonyl (C=O) groups excluding carboxylic acids is 1. The zero-order valence-corrected chi connectivity index (χ0v) is 13.9. The van der Waals surface area contributed by atoms with Gasteiger partial charge >= 0.3 is 6.03 Å². The predicted octanol–water partition coefficient (Wildman–Crippen LogP) is 2.07. The van der Waals surface area contributed by atoms with Gasteiger partial charge in [0.2, 0.25) is 5.89 Å². The molecule has 2 rings (SSSR count). The van der Waals surface area contributed by atoms with E-state index in [1.807, 2.05) is 4.90 Å². The molecular formula is C15H26N4O3. The van der Waals surface area contributed by atoms with Crippen LogP contribution in [-0.2, 0) is 17.7 Å². The molecule has 1 fully saturated rings. The van der Waals surface area contributed by atoms with Crippen molar-refractivity contribution in [2.24, 2.45) is 0 Å². The summed E-state index contributed by atoms with van der Waals surface area (Å²) in [6.07, 6.45) is 3.91. The molecule has 0 aliphatic carbocycles.